The Labute approximate surface area is 80.1 Å². The van der Waals surface area contributed by atoms with E-state index in [2.05, 4.69) is 9.47 Å². The summed E-state index contributed by atoms with van der Waals surface area (Å²) in [6.45, 7) is 1.65. The molecule has 14 heavy (non-hydrogen) atoms. The average molecular weight is 227 g/mol. The van der Waals surface area contributed by atoms with E-state index in [1.807, 2.05) is 0 Å². The second-order valence-electron chi connectivity index (χ2n) is 3.06. The summed E-state index contributed by atoms with van der Waals surface area (Å²) in [5.74, 6) is -2.54. The summed E-state index contributed by atoms with van der Waals surface area (Å²) in [6, 6.07) is 0. The number of cyclic esters (lactones) is 2. The van der Waals surface area contributed by atoms with E-state index in [4.69, 9.17) is 0 Å². The predicted octanol–water partition coefficient (Wildman–Crippen LogP) is 1.61. The Morgan fingerprint density at radius 2 is 2.00 bits per heavy atom. The largest absolute Gasteiger partial charge is 0.448 e. The summed E-state index contributed by atoms with van der Waals surface area (Å²) in [7, 11) is -4.41. The van der Waals surface area contributed by atoms with Crippen LogP contribution in [0.3, 0.4) is 0 Å². The van der Waals surface area contributed by atoms with Crippen LogP contribution in [-0.2, 0) is 19.1 Å². The van der Waals surface area contributed by atoms with Crippen molar-refractivity contribution in [2.45, 2.75) is 18.7 Å². The lowest BCUT2D eigenvalue weighted by molar-refractivity contribution is -0.190. The van der Waals surface area contributed by atoms with E-state index in [0.29, 0.717) is 0 Å². The molecule has 0 spiro atoms. The first kappa shape index (κ1) is 11.3. The number of ether oxygens (including phenoxy) is 2. The van der Waals surface area contributed by atoms with Crippen LogP contribution >= 0.6 is 7.88 Å². The lowest BCUT2D eigenvalue weighted by Crippen LogP contribution is -2.47. The van der Waals surface area contributed by atoms with E-state index < -0.39 is 31.8 Å². The lowest BCUT2D eigenvalue weighted by atomic mass is 10.2. The Kier molecular flexibility index (Phi) is 2.76. The molecule has 1 aliphatic heterocycles. The van der Waals surface area contributed by atoms with Gasteiger partial charge in [-0.05, 0) is 8.39 Å². The lowest BCUT2D eigenvalue weighted by Gasteiger charge is -2.31. The van der Waals surface area contributed by atoms with Crippen LogP contribution in [0.15, 0.2) is 0 Å². The van der Waals surface area contributed by atoms with Gasteiger partial charge >= 0.3 is 25.2 Å². The van der Waals surface area contributed by atoms with Crippen LogP contribution in [-0.4, -0.2) is 30.6 Å². The van der Waals surface area contributed by atoms with Gasteiger partial charge in [0.25, 0.3) is 0 Å². The zero-order valence-electron chi connectivity index (χ0n) is 7.75. The molecule has 1 aliphatic rings. The minimum Gasteiger partial charge on any atom is -0.448 e. The Balaban J connectivity index is 2.93. The molecule has 0 aromatic heterocycles. The molecule has 0 saturated carbocycles. The van der Waals surface area contributed by atoms with Gasteiger partial charge < -0.3 is 9.47 Å². The third kappa shape index (κ3) is 1.71. The molecule has 0 aromatic rings. The highest BCUT2D eigenvalue weighted by molar-refractivity contribution is 7.66. The van der Waals surface area contributed by atoms with Gasteiger partial charge in [0.1, 0.15) is 6.66 Å². The number of rotatable bonds is 2. The highest BCUT2D eigenvalue weighted by Crippen LogP contribution is 2.71. The van der Waals surface area contributed by atoms with Crippen molar-refractivity contribution in [3.8, 4) is 0 Å². The first-order chi connectivity index (χ1) is 6.32. The van der Waals surface area contributed by atoms with Crippen LogP contribution < -0.4 is 0 Å². The van der Waals surface area contributed by atoms with Crippen molar-refractivity contribution in [1.29, 1.82) is 0 Å². The fourth-order valence-corrected chi connectivity index (χ4v) is 2.22. The van der Waals surface area contributed by atoms with Crippen molar-refractivity contribution in [3.05, 3.63) is 0 Å². The summed E-state index contributed by atoms with van der Waals surface area (Å²) >= 11 is 0. The molecule has 0 aromatic carbocycles. The van der Waals surface area contributed by atoms with Gasteiger partial charge in [0, 0.05) is 6.42 Å². The molecule has 0 aliphatic carbocycles. The summed E-state index contributed by atoms with van der Waals surface area (Å²) < 4.78 is 35.3. The fourth-order valence-electron chi connectivity index (χ4n) is 1.13. The second kappa shape index (κ2) is 3.42. The molecule has 1 fully saturated rings. The number of hydrogen-bond donors (Lipinski definition) is 0. The number of esters is 2. The molecule has 0 N–H and O–H groups in total. The van der Waals surface area contributed by atoms with Crippen LogP contribution in [0, 0.1) is 0 Å². The normalized spacial score (nSPS) is 28.3. The number of halogens is 2. The van der Waals surface area contributed by atoms with E-state index in [0.717, 1.165) is 6.66 Å². The first-order valence-electron chi connectivity index (χ1n) is 3.98. The van der Waals surface area contributed by atoms with Gasteiger partial charge in [-0.1, -0.05) is 6.92 Å². The molecule has 0 radical (unpaired) electrons. The zero-order chi connectivity index (χ0) is 11.0. The molecule has 1 heterocycles. The quantitative estimate of drug-likeness (QED) is 0.408. The van der Waals surface area contributed by atoms with Crippen LogP contribution in [0.2, 0.25) is 0 Å². The topological polar surface area (TPSA) is 52.6 Å². The highest BCUT2D eigenvalue weighted by Gasteiger charge is 2.66. The predicted molar refractivity (Wildman–Crippen MR) is 45.1 cm³/mol. The van der Waals surface area contributed by atoms with Gasteiger partial charge in [-0.15, -0.1) is 0 Å². The maximum atomic E-state index is 13.2. The van der Waals surface area contributed by atoms with Crippen LogP contribution in [0.25, 0.3) is 0 Å². The average Bonchev–Trinajstić information content (AvgIpc) is 2.08. The third-order valence-electron chi connectivity index (χ3n) is 2.15. The van der Waals surface area contributed by atoms with Crippen LogP contribution in [0.5, 0.6) is 0 Å². The van der Waals surface area contributed by atoms with Crippen molar-refractivity contribution in [1.82, 2.24) is 0 Å². The molecule has 4 nitrogen and oxygen atoms in total. The second-order valence-corrected chi connectivity index (χ2v) is 5.46. The minimum atomic E-state index is -4.41. The Morgan fingerprint density at radius 3 is 2.36 bits per heavy atom. The molecule has 7 heteroatoms. The fraction of sp³-hybridized carbons (Fsp3) is 0.714. The van der Waals surface area contributed by atoms with Crippen molar-refractivity contribution in [2.75, 3.05) is 13.3 Å². The molecule has 1 atom stereocenters. The Hall–Kier alpha value is -0.770. The molecule has 1 rings (SSSR count). The number of carbonyl (C=O) groups excluding carboxylic acids is 2. The molecular weight excluding hydrogens is 217 g/mol. The van der Waals surface area contributed by atoms with Gasteiger partial charge in [-0.25, -0.2) is 9.59 Å². The first-order valence-corrected chi connectivity index (χ1v) is 6.00. The van der Waals surface area contributed by atoms with Gasteiger partial charge in [-0.3, -0.25) is 0 Å². The van der Waals surface area contributed by atoms with E-state index in [9.17, 15) is 18.0 Å². The summed E-state index contributed by atoms with van der Waals surface area (Å²) in [5.41, 5.74) is 0. The van der Waals surface area contributed by atoms with Crippen LogP contribution in [0.4, 0.5) is 8.39 Å². The Morgan fingerprint density at radius 1 is 1.43 bits per heavy atom. The van der Waals surface area contributed by atoms with Gasteiger partial charge in [0.15, 0.2) is 6.61 Å². The van der Waals surface area contributed by atoms with E-state index in [-0.39, 0.29) is 6.42 Å². The monoisotopic (exact) mass is 227 g/mol. The molecule has 0 amide bonds. The van der Waals surface area contributed by atoms with E-state index in [1.54, 1.807) is 0 Å². The molecule has 80 valence electrons. The van der Waals surface area contributed by atoms with Crippen molar-refractivity contribution >= 4 is 19.8 Å². The van der Waals surface area contributed by atoms with E-state index >= 15 is 0 Å². The number of carbonyl (C=O) groups is 2. The minimum absolute atomic E-state index is 0.0662. The SMILES string of the molecule is CCC1([P+](C)(F)F)COC(=O)C(=O)O1. The highest BCUT2D eigenvalue weighted by atomic mass is 31.2. The van der Waals surface area contributed by atoms with Crippen molar-refractivity contribution < 1.29 is 27.5 Å². The molecule has 1 saturated heterocycles. The Bertz CT molecular complexity index is 275. The number of hydrogen-bond acceptors (Lipinski definition) is 4. The summed E-state index contributed by atoms with van der Waals surface area (Å²) in [4.78, 5) is 21.4. The molecular formula is C7H10F2O4P+. The molecule has 0 bridgehead atoms. The third-order valence-corrected chi connectivity index (χ3v) is 4.11. The summed E-state index contributed by atoms with van der Waals surface area (Å²) in [6.07, 6.45) is -0.0662. The smallest absolute Gasteiger partial charge is 0.431 e. The zero-order valence-corrected chi connectivity index (χ0v) is 8.64. The summed E-state index contributed by atoms with van der Waals surface area (Å²) in [5, 5.41) is -1.90. The van der Waals surface area contributed by atoms with Gasteiger partial charge in [0.2, 0.25) is 0 Å². The van der Waals surface area contributed by atoms with E-state index in [1.165, 1.54) is 6.92 Å². The maximum Gasteiger partial charge on any atom is 0.431 e. The standard InChI is InChI=1S/C7H10F2O4P/c1-3-7(14(2,8)9)4-12-5(10)6(11)13-7/h3-4H2,1-2H3/q+1. The van der Waals surface area contributed by atoms with Crippen molar-refractivity contribution in [3.63, 3.8) is 0 Å². The van der Waals surface area contributed by atoms with Gasteiger partial charge in [-0.2, -0.15) is 0 Å². The van der Waals surface area contributed by atoms with Crippen LogP contribution in [0.1, 0.15) is 13.3 Å². The van der Waals surface area contributed by atoms with Gasteiger partial charge in [0.05, 0.1) is 0 Å². The van der Waals surface area contributed by atoms with Crippen molar-refractivity contribution in [2.24, 2.45) is 0 Å². The maximum absolute atomic E-state index is 13.2. The molecule has 1 unspecified atom stereocenters.